The minimum absolute atomic E-state index is 0.152. The number of benzene rings is 2. The van der Waals surface area contributed by atoms with Crippen molar-refractivity contribution >= 4 is 5.91 Å². The topological polar surface area (TPSA) is 49.3 Å². The number of carbonyl (C=O) groups is 1. The highest BCUT2D eigenvalue weighted by Gasteiger charge is 2.09. The van der Waals surface area contributed by atoms with Gasteiger partial charge in [0.1, 0.15) is 11.6 Å². The van der Waals surface area contributed by atoms with Crippen LogP contribution in [0.1, 0.15) is 30.1 Å². The Bertz CT molecular complexity index is 644. The molecule has 0 aliphatic heterocycles. The van der Waals surface area contributed by atoms with Gasteiger partial charge in [0.15, 0.2) is 0 Å². The Labute approximate surface area is 134 Å². The van der Waals surface area contributed by atoms with Gasteiger partial charge in [0.05, 0.1) is 6.10 Å². The summed E-state index contributed by atoms with van der Waals surface area (Å²) in [5, 5.41) is 12.7. The summed E-state index contributed by atoms with van der Waals surface area (Å²) in [6, 6.07) is 11.8. The van der Waals surface area contributed by atoms with Crippen molar-refractivity contribution in [1.82, 2.24) is 5.32 Å². The lowest BCUT2D eigenvalue weighted by atomic mass is 10.1. The molecule has 23 heavy (non-hydrogen) atoms. The largest absolute Gasteiger partial charge is 0.388 e. The Morgan fingerprint density at radius 2 is 1.83 bits per heavy atom. The fourth-order valence-corrected chi connectivity index (χ4v) is 2.24. The highest BCUT2D eigenvalue weighted by Crippen LogP contribution is 2.16. The maximum absolute atomic E-state index is 13.0. The average molecular weight is 319 g/mol. The molecule has 0 aromatic heterocycles. The van der Waals surface area contributed by atoms with Gasteiger partial charge < -0.3 is 10.4 Å². The van der Waals surface area contributed by atoms with Gasteiger partial charge in [-0.05, 0) is 48.2 Å². The number of rotatable bonds is 7. The minimum atomic E-state index is -0.751. The van der Waals surface area contributed by atoms with Crippen LogP contribution in [0, 0.1) is 11.6 Å². The standard InChI is InChI=1S/C18H19F2NO2/c19-15-7-5-14(6-8-15)17(22)10-11-21-18(23)9-4-13-2-1-3-16(20)12-13/h1-3,5-8,12,17,22H,4,9-11H2,(H,21,23). The third-order valence-electron chi connectivity index (χ3n) is 3.52. The Hall–Kier alpha value is -2.27. The molecule has 122 valence electrons. The minimum Gasteiger partial charge on any atom is -0.388 e. The Morgan fingerprint density at radius 1 is 1.09 bits per heavy atom. The van der Waals surface area contributed by atoms with Crippen molar-refractivity contribution in [3.63, 3.8) is 0 Å². The van der Waals surface area contributed by atoms with Crippen molar-refractivity contribution < 1.29 is 18.7 Å². The first-order valence-corrected chi connectivity index (χ1v) is 7.49. The summed E-state index contributed by atoms with van der Waals surface area (Å²) >= 11 is 0. The van der Waals surface area contributed by atoms with E-state index in [4.69, 9.17) is 0 Å². The van der Waals surface area contributed by atoms with Gasteiger partial charge >= 0.3 is 0 Å². The zero-order valence-electron chi connectivity index (χ0n) is 12.6. The van der Waals surface area contributed by atoms with E-state index >= 15 is 0 Å². The molecule has 0 aliphatic rings. The number of aryl methyl sites for hydroxylation is 1. The zero-order chi connectivity index (χ0) is 16.7. The van der Waals surface area contributed by atoms with Crippen LogP contribution < -0.4 is 5.32 Å². The van der Waals surface area contributed by atoms with E-state index in [9.17, 15) is 18.7 Å². The fourth-order valence-electron chi connectivity index (χ4n) is 2.24. The van der Waals surface area contributed by atoms with Crippen LogP contribution in [0.5, 0.6) is 0 Å². The molecule has 0 bridgehead atoms. The maximum atomic E-state index is 13.0. The van der Waals surface area contributed by atoms with Crippen LogP contribution in [0.2, 0.25) is 0 Å². The monoisotopic (exact) mass is 319 g/mol. The van der Waals surface area contributed by atoms with E-state index in [0.717, 1.165) is 5.56 Å². The molecule has 2 aromatic rings. The van der Waals surface area contributed by atoms with Gasteiger partial charge in [-0.3, -0.25) is 4.79 Å². The van der Waals surface area contributed by atoms with Gasteiger partial charge in [-0.15, -0.1) is 0 Å². The van der Waals surface area contributed by atoms with E-state index in [-0.39, 0.29) is 24.0 Å². The summed E-state index contributed by atoms with van der Waals surface area (Å²) in [5.74, 6) is -0.822. The lowest BCUT2D eigenvalue weighted by Crippen LogP contribution is -2.25. The molecular weight excluding hydrogens is 300 g/mol. The first-order chi connectivity index (χ1) is 11.0. The molecule has 0 saturated carbocycles. The highest BCUT2D eigenvalue weighted by molar-refractivity contribution is 5.76. The van der Waals surface area contributed by atoms with Crippen LogP contribution >= 0.6 is 0 Å². The summed E-state index contributed by atoms with van der Waals surface area (Å²) in [7, 11) is 0. The second-order valence-electron chi connectivity index (χ2n) is 5.34. The number of hydrogen-bond acceptors (Lipinski definition) is 2. The molecule has 2 rings (SSSR count). The molecule has 0 heterocycles. The molecule has 0 radical (unpaired) electrons. The zero-order valence-corrected chi connectivity index (χ0v) is 12.6. The van der Waals surface area contributed by atoms with Crippen molar-refractivity contribution in [2.75, 3.05) is 6.54 Å². The lowest BCUT2D eigenvalue weighted by Gasteiger charge is -2.11. The van der Waals surface area contributed by atoms with Crippen molar-refractivity contribution in [2.45, 2.75) is 25.4 Å². The Balaban J connectivity index is 1.69. The molecular formula is C18H19F2NO2. The predicted molar refractivity (Wildman–Crippen MR) is 83.7 cm³/mol. The number of aliphatic hydroxyl groups is 1. The van der Waals surface area contributed by atoms with Crippen molar-refractivity contribution in [3.05, 3.63) is 71.3 Å². The first-order valence-electron chi connectivity index (χ1n) is 7.49. The molecule has 1 unspecified atom stereocenters. The van der Waals surface area contributed by atoms with Crippen molar-refractivity contribution in [3.8, 4) is 0 Å². The van der Waals surface area contributed by atoms with Crippen LogP contribution in [-0.2, 0) is 11.2 Å². The number of amides is 1. The van der Waals surface area contributed by atoms with E-state index < -0.39 is 6.10 Å². The Kier molecular flexibility index (Phi) is 6.23. The molecule has 0 saturated heterocycles. The summed E-state index contributed by atoms with van der Waals surface area (Å²) in [4.78, 5) is 11.7. The number of nitrogens with one attached hydrogen (secondary N) is 1. The summed E-state index contributed by atoms with van der Waals surface area (Å²) in [6.45, 7) is 0.320. The second-order valence-corrected chi connectivity index (χ2v) is 5.34. The number of hydrogen-bond donors (Lipinski definition) is 2. The first kappa shape index (κ1) is 17.1. The van der Waals surface area contributed by atoms with Crippen molar-refractivity contribution in [1.29, 1.82) is 0 Å². The van der Waals surface area contributed by atoms with Gasteiger partial charge in [0.25, 0.3) is 0 Å². The number of aliphatic hydroxyl groups excluding tert-OH is 1. The molecule has 1 amide bonds. The van der Waals surface area contributed by atoms with Gasteiger partial charge in [0.2, 0.25) is 5.91 Å². The molecule has 0 aliphatic carbocycles. The average Bonchev–Trinajstić information content (AvgIpc) is 2.53. The third kappa shape index (κ3) is 5.79. The summed E-state index contributed by atoms with van der Waals surface area (Å²) < 4.78 is 25.8. The SMILES string of the molecule is O=C(CCc1cccc(F)c1)NCCC(O)c1ccc(F)cc1. The molecule has 0 fully saturated rings. The van der Waals surface area contributed by atoms with Gasteiger partial charge in [-0.2, -0.15) is 0 Å². The van der Waals surface area contributed by atoms with E-state index in [0.29, 0.717) is 24.9 Å². The molecule has 3 nitrogen and oxygen atoms in total. The lowest BCUT2D eigenvalue weighted by molar-refractivity contribution is -0.121. The van der Waals surface area contributed by atoms with Crippen LogP contribution in [0.4, 0.5) is 8.78 Å². The van der Waals surface area contributed by atoms with Crippen molar-refractivity contribution in [2.24, 2.45) is 0 Å². The van der Waals surface area contributed by atoms with Gasteiger partial charge in [0, 0.05) is 13.0 Å². The summed E-state index contributed by atoms with van der Waals surface area (Å²) in [6.07, 6.45) is 0.316. The molecule has 2 aromatic carbocycles. The van der Waals surface area contributed by atoms with E-state index in [1.54, 1.807) is 12.1 Å². The highest BCUT2D eigenvalue weighted by atomic mass is 19.1. The third-order valence-corrected chi connectivity index (χ3v) is 3.52. The molecule has 1 atom stereocenters. The smallest absolute Gasteiger partial charge is 0.220 e. The number of halogens is 2. The normalized spacial score (nSPS) is 12.0. The van der Waals surface area contributed by atoms with E-state index in [1.807, 2.05) is 0 Å². The predicted octanol–water partition coefficient (Wildman–Crippen LogP) is 3.14. The fraction of sp³-hybridized carbons (Fsp3) is 0.278. The summed E-state index contributed by atoms with van der Waals surface area (Å²) in [5.41, 5.74) is 1.38. The van der Waals surface area contributed by atoms with Crippen LogP contribution in [0.3, 0.4) is 0 Å². The molecule has 0 spiro atoms. The van der Waals surface area contributed by atoms with E-state index in [2.05, 4.69) is 5.32 Å². The second kappa shape index (κ2) is 8.39. The molecule has 2 N–H and O–H groups in total. The van der Waals surface area contributed by atoms with Gasteiger partial charge in [-0.25, -0.2) is 8.78 Å². The maximum Gasteiger partial charge on any atom is 0.220 e. The van der Waals surface area contributed by atoms with Gasteiger partial charge in [-0.1, -0.05) is 24.3 Å². The number of carbonyl (C=O) groups excluding carboxylic acids is 1. The Morgan fingerprint density at radius 3 is 2.52 bits per heavy atom. The van der Waals surface area contributed by atoms with E-state index in [1.165, 1.54) is 36.4 Å². The van der Waals surface area contributed by atoms with Crippen LogP contribution in [0.15, 0.2) is 48.5 Å². The quantitative estimate of drug-likeness (QED) is 0.824. The molecule has 5 heteroatoms. The van der Waals surface area contributed by atoms with Crippen LogP contribution in [-0.4, -0.2) is 17.6 Å². The van der Waals surface area contributed by atoms with Crippen LogP contribution in [0.25, 0.3) is 0 Å².